The van der Waals surface area contributed by atoms with Crippen molar-refractivity contribution in [3.05, 3.63) is 74.2 Å². The summed E-state index contributed by atoms with van der Waals surface area (Å²) >= 11 is 2.78. The molecule has 38 heavy (non-hydrogen) atoms. The van der Waals surface area contributed by atoms with E-state index in [0.717, 1.165) is 21.9 Å². The minimum absolute atomic E-state index is 0.00911. The Morgan fingerprint density at radius 2 is 1.76 bits per heavy atom. The van der Waals surface area contributed by atoms with Crippen LogP contribution in [-0.4, -0.2) is 39.7 Å². The molecule has 2 saturated carbocycles. The number of benzene rings is 2. The van der Waals surface area contributed by atoms with Crippen LogP contribution in [0.3, 0.4) is 0 Å². The minimum atomic E-state index is -0.449. The number of thiazole rings is 1. The van der Waals surface area contributed by atoms with Crippen molar-refractivity contribution in [1.82, 2.24) is 4.98 Å². The molecule has 1 aromatic heterocycles. The van der Waals surface area contributed by atoms with Crippen LogP contribution in [0.2, 0.25) is 0 Å². The number of nitrogens with zero attached hydrogens (tertiary/aromatic N) is 1. The Morgan fingerprint density at radius 1 is 1.05 bits per heavy atom. The first kappa shape index (κ1) is 23.7. The number of aromatic amines is 1. The summed E-state index contributed by atoms with van der Waals surface area (Å²) in [5.41, 5.74) is 1.58. The van der Waals surface area contributed by atoms with Gasteiger partial charge in [0.1, 0.15) is 5.75 Å². The van der Waals surface area contributed by atoms with Crippen molar-refractivity contribution in [3.8, 4) is 5.75 Å². The number of phenols is 1. The number of nitrogens with one attached hydrogen (secondary N) is 1. The molecule has 2 aromatic carbocycles. The molecule has 7 atom stereocenters. The molecular weight excluding hydrogens is 524 g/mol. The van der Waals surface area contributed by atoms with Gasteiger partial charge in [-0.3, -0.25) is 19.3 Å². The highest BCUT2D eigenvalue weighted by atomic mass is 32.2. The summed E-state index contributed by atoms with van der Waals surface area (Å²) < 4.78 is 5.04. The van der Waals surface area contributed by atoms with Crippen molar-refractivity contribution in [2.24, 2.45) is 29.6 Å². The number of phenolic OH excluding ortho intramolecular Hbond substituents is 1. The minimum Gasteiger partial charge on any atom is -0.508 e. The SMILES string of the molecule is CCOC(=O)c1ccc(N2C(=O)[C@@H]3[C@H]4C[C@@H]([C@@H]3C2=O)[C@H]2[C@@H](c3ccccc3O)c3sc(=O)[nH]c3S[C@@H]42)cc1. The summed E-state index contributed by atoms with van der Waals surface area (Å²) in [6.07, 6.45) is 0.772. The van der Waals surface area contributed by atoms with Gasteiger partial charge >= 0.3 is 10.8 Å². The number of hydrogen-bond donors (Lipinski definition) is 2. The lowest BCUT2D eigenvalue weighted by Crippen LogP contribution is -2.42. The van der Waals surface area contributed by atoms with E-state index < -0.39 is 17.8 Å². The number of fused-ring (bicyclic) bond motifs is 9. The number of carbonyl (C=O) groups excluding carboxylic acids is 3. The molecule has 0 unspecified atom stereocenters. The Kier molecular flexibility index (Phi) is 5.35. The summed E-state index contributed by atoms with van der Waals surface area (Å²) in [5.74, 6) is -1.79. The van der Waals surface area contributed by atoms with Gasteiger partial charge in [0.25, 0.3) is 0 Å². The zero-order valence-corrected chi connectivity index (χ0v) is 22.0. The molecule has 7 rings (SSSR count). The van der Waals surface area contributed by atoms with Crippen LogP contribution in [0.15, 0.2) is 58.4 Å². The van der Waals surface area contributed by atoms with Crippen molar-refractivity contribution in [2.75, 3.05) is 11.5 Å². The van der Waals surface area contributed by atoms with Gasteiger partial charge in [0.2, 0.25) is 11.8 Å². The Hall–Kier alpha value is -3.37. The summed E-state index contributed by atoms with van der Waals surface area (Å²) in [4.78, 5) is 57.0. The van der Waals surface area contributed by atoms with Crippen molar-refractivity contribution >= 4 is 46.6 Å². The standard InChI is InChI=1S/C28H24N2O6S2/c1-2-36-27(34)12-7-9-13(10-8-12)30-25(32)20-15-11-16(21(20)26(30)33)22-19(15)18(14-5-3-4-6-17(14)31)23-24(37-22)29-28(35)38-23/h3-10,15-16,18-22,31H,2,11H2,1H3,(H,29,35)/t15-,16-,18-,19+,20+,21-,22+/m1/s1. The molecule has 1 saturated heterocycles. The fourth-order valence-electron chi connectivity index (χ4n) is 7.33. The van der Waals surface area contributed by atoms with Crippen molar-refractivity contribution in [1.29, 1.82) is 0 Å². The second kappa shape index (κ2) is 8.57. The van der Waals surface area contributed by atoms with Crippen molar-refractivity contribution < 1.29 is 24.2 Å². The fourth-order valence-corrected chi connectivity index (χ4v) is 10.2. The van der Waals surface area contributed by atoms with E-state index in [1.807, 2.05) is 12.1 Å². The van der Waals surface area contributed by atoms with Crippen LogP contribution in [0.25, 0.3) is 0 Å². The maximum Gasteiger partial charge on any atom is 0.338 e. The highest BCUT2D eigenvalue weighted by Crippen LogP contribution is 2.69. The van der Waals surface area contributed by atoms with E-state index in [4.69, 9.17) is 4.74 Å². The van der Waals surface area contributed by atoms with Crippen LogP contribution in [0, 0.1) is 29.6 Å². The lowest BCUT2D eigenvalue weighted by atomic mass is 9.68. The van der Waals surface area contributed by atoms with Crippen LogP contribution >= 0.6 is 23.1 Å². The molecular formula is C28H24N2O6S2. The van der Waals surface area contributed by atoms with Gasteiger partial charge < -0.3 is 14.8 Å². The van der Waals surface area contributed by atoms with Gasteiger partial charge in [-0.1, -0.05) is 29.5 Å². The summed E-state index contributed by atoms with van der Waals surface area (Å²) in [7, 11) is 0. The van der Waals surface area contributed by atoms with E-state index in [0.29, 0.717) is 11.3 Å². The first-order valence-corrected chi connectivity index (χ1v) is 14.4. The van der Waals surface area contributed by atoms with Crippen LogP contribution in [0.5, 0.6) is 5.75 Å². The van der Waals surface area contributed by atoms with Gasteiger partial charge in [-0.05, 0) is 61.4 Å². The number of aromatic hydroxyl groups is 1. The van der Waals surface area contributed by atoms with Gasteiger partial charge in [0, 0.05) is 21.6 Å². The maximum atomic E-state index is 13.8. The Balaban J connectivity index is 1.26. The molecule has 3 aromatic rings. The van der Waals surface area contributed by atoms with E-state index in [2.05, 4.69) is 4.98 Å². The first-order valence-electron chi connectivity index (χ1n) is 12.7. The molecule has 2 amide bonds. The predicted octanol–water partition coefficient (Wildman–Crippen LogP) is 4.00. The van der Waals surface area contributed by atoms with Crippen LogP contribution in [0.4, 0.5) is 5.69 Å². The number of thioether (sulfide) groups is 1. The normalized spacial score (nSPS) is 30.8. The molecule has 8 nitrogen and oxygen atoms in total. The molecule has 4 aliphatic rings. The van der Waals surface area contributed by atoms with Crippen LogP contribution in [0.1, 0.15) is 40.1 Å². The molecule has 3 fully saturated rings. The van der Waals surface area contributed by atoms with Gasteiger partial charge in [-0.2, -0.15) is 0 Å². The lowest BCUT2D eigenvalue weighted by molar-refractivity contribution is -0.123. The molecule has 194 valence electrons. The number of esters is 1. The number of imide groups is 1. The molecule has 3 heterocycles. The van der Waals surface area contributed by atoms with E-state index in [9.17, 15) is 24.3 Å². The summed E-state index contributed by atoms with van der Waals surface area (Å²) in [5, 5.41) is 11.7. The van der Waals surface area contributed by atoms with E-state index in [1.54, 1.807) is 55.1 Å². The highest BCUT2D eigenvalue weighted by Gasteiger charge is 2.69. The topological polar surface area (TPSA) is 117 Å². The third-order valence-electron chi connectivity index (χ3n) is 8.63. The molecule has 10 heteroatoms. The molecule has 2 aliphatic heterocycles. The number of carbonyl (C=O) groups is 3. The van der Waals surface area contributed by atoms with Gasteiger partial charge in [0.15, 0.2) is 0 Å². The van der Waals surface area contributed by atoms with E-state index >= 15 is 0 Å². The quantitative estimate of drug-likeness (QED) is 0.374. The summed E-state index contributed by atoms with van der Waals surface area (Å²) in [6, 6.07) is 13.6. The van der Waals surface area contributed by atoms with Gasteiger partial charge in [-0.25, -0.2) is 4.79 Å². The van der Waals surface area contributed by atoms with Gasteiger partial charge in [-0.15, -0.1) is 11.8 Å². The third-order valence-corrected chi connectivity index (χ3v) is 11.2. The van der Waals surface area contributed by atoms with Crippen LogP contribution < -0.4 is 9.77 Å². The average Bonchev–Trinajstić information content (AvgIpc) is 3.64. The summed E-state index contributed by atoms with van der Waals surface area (Å²) in [6.45, 7) is 2.00. The molecule has 2 bridgehead atoms. The smallest absolute Gasteiger partial charge is 0.338 e. The number of anilines is 1. The Morgan fingerprint density at radius 3 is 2.47 bits per heavy atom. The molecule has 2 aliphatic carbocycles. The largest absolute Gasteiger partial charge is 0.508 e. The number of aromatic nitrogens is 1. The Labute approximate surface area is 226 Å². The first-order chi connectivity index (χ1) is 18.4. The number of hydrogen-bond acceptors (Lipinski definition) is 8. The third kappa shape index (κ3) is 3.22. The van der Waals surface area contributed by atoms with Crippen molar-refractivity contribution in [3.63, 3.8) is 0 Å². The average molecular weight is 549 g/mol. The van der Waals surface area contributed by atoms with Gasteiger partial charge in [0.05, 0.1) is 34.7 Å². The zero-order chi connectivity index (χ0) is 26.3. The lowest BCUT2D eigenvalue weighted by Gasteiger charge is -2.43. The van der Waals surface area contributed by atoms with Crippen molar-refractivity contribution in [2.45, 2.75) is 29.5 Å². The fraction of sp³-hybridized carbons (Fsp3) is 0.357. The zero-order valence-electron chi connectivity index (χ0n) is 20.3. The maximum absolute atomic E-state index is 13.8. The van der Waals surface area contributed by atoms with E-state index in [-0.39, 0.29) is 58.0 Å². The second-order valence-corrected chi connectivity index (χ2v) is 12.5. The van der Waals surface area contributed by atoms with Crippen LogP contribution in [-0.2, 0) is 14.3 Å². The Bertz CT molecular complexity index is 1550. The number of rotatable bonds is 4. The number of para-hydroxylation sites is 1. The number of amides is 2. The number of H-pyrrole nitrogens is 1. The molecule has 2 N–H and O–H groups in total. The monoisotopic (exact) mass is 548 g/mol. The molecule has 0 spiro atoms. The second-order valence-electron chi connectivity index (χ2n) is 10.3. The predicted molar refractivity (Wildman–Crippen MR) is 141 cm³/mol. The highest BCUT2D eigenvalue weighted by molar-refractivity contribution is 8.00. The van der Waals surface area contributed by atoms with E-state index in [1.165, 1.54) is 16.2 Å². The molecule has 0 radical (unpaired) electrons. The number of ether oxygens (including phenoxy) is 1.